The number of rotatable bonds is 4. The minimum Gasteiger partial charge on any atom is -0.387 e. The number of aldehydes is 1. The molecule has 9 heteroatoms. The first-order valence-corrected chi connectivity index (χ1v) is 4.90. The van der Waals surface area contributed by atoms with Gasteiger partial charge in [0.05, 0.1) is 5.88 Å². The van der Waals surface area contributed by atoms with E-state index in [1.807, 2.05) is 0 Å². The zero-order valence-electron chi connectivity index (χ0n) is 8.47. The molecule has 0 saturated heterocycles. The Labute approximate surface area is 103 Å². The Bertz CT molecular complexity index is 449. The summed E-state index contributed by atoms with van der Waals surface area (Å²) in [5.41, 5.74) is -1.81. The lowest BCUT2D eigenvalue weighted by molar-refractivity contribution is -0.276. The minimum absolute atomic E-state index is 0.106. The topological polar surface area (TPSA) is 39.2 Å². The maximum absolute atomic E-state index is 12.4. The third-order valence-electron chi connectivity index (χ3n) is 1.84. The highest BCUT2D eigenvalue weighted by Gasteiger charge is 2.34. The van der Waals surface area contributed by atoms with Gasteiger partial charge in [-0.05, 0) is 6.07 Å². The van der Waals surface area contributed by atoms with Crippen LogP contribution in [0, 0.1) is 0 Å². The molecule has 0 aliphatic carbocycles. The lowest BCUT2D eigenvalue weighted by atomic mass is 10.1. The van der Waals surface area contributed by atoms with E-state index in [1.54, 1.807) is 0 Å². The second kappa shape index (κ2) is 5.47. The molecule has 0 aliphatic rings. The van der Waals surface area contributed by atoms with Crippen molar-refractivity contribution in [2.24, 2.45) is 0 Å². The van der Waals surface area contributed by atoms with Crippen LogP contribution in [0.4, 0.5) is 22.0 Å². The van der Waals surface area contributed by atoms with Gasteiger partial charge in [-0.3, -0.25) is 4.79 Å². The number of halogens is 6. The first-order valence-electron chi connectivity index (χ1n) is 4.37. The predicted molar refractivity (Wildman–Crippen MR) is 50.8 cm³/mol. The lowest BCUT2D eigenvalue weighted by Crippen LogP contribution is -2.20. The van der Waals surface area contributed by atoms with Gasteiger partial charge in [-0.15, -0.1) is 24.8 Å². The van der Waals surface area contributed by atoms with E-state index in [-0.39, 0.29) is 6.29 Å². The van der Waals surface area contributed by atoms with Gasteiger partial charge < -0.3 is 4.74 Å². The first kappa shape index (κ1) is 14.6. The molecule has 0 N–H and O–H groups in total. The lowest BCUT2D eigenvalue weighted by Gasteiger charge is -2.13. The number of carbonyl (C=O) groups excluding carboxylic acids is 1. The molecule has 1 aromatic rings. The van der Waals surface area contributed by atoms with Crippen molar-refractivity contribution in [2.75, 3.05) is 0 Å². The van der Waals surface area contributed by atoms with Crippen molar-refractivity contribution < 1.29 is 31.5 Å². The normalized spacial score (nSPS) is 11.7. The van der Waals surface area contributed by atoms with Gasteiger partial charge in [-0.25, -0.2) is 13.8 Å². The van der Waals surface area contributed by atoms with Crippen molar-refractivity contribution in [1.82, 2.24) is 4.98 Å². The second-order valence-electron chi connectivity index (χ2n) is 3.02. The standard InChI is InChI=1S/C9H5ClF5NO2/c10-2-5-4(3-17)1-6(7(11)12)16-8(5)18-9(13,14)15/h1,3,7H,2H2. The van der Waals surface area contributed by atoms with Gasteiger partial charge in [0, 0.05) is 11.1 Å². The summed E-state index contributed by atoms with van der Waals surface area (Å²) in [4.78, 5) is 13.6. The van der Waals surface area contributed by atoms with E-state index in [0.717, 1.165) is 0 Å². The Balaban J connectivity index is 3.35. The molecule has 0 amide bonds. The highest BCUT2D eigenvalue weighted by molar-refractivity contribution is 6.17. The molecule has 0 saturated carbocycles. The van der Waals surface area contributed by atoms with Crippen molar-refractivity contribution in [3.05, 3.63) is 22.9 Å². The Hall–Kier alpha value is -1.44. The molecule has 0 bridgehead atoms. The van der Waals surface area contributed by atoms with Crippen LogP contribution in [0.5, 0.6) is 5.88 Å². The van der Waals surface area contributed by atoms with E-state index < -0.39 is 41.4 Å². The van der Waals surface area contributed by atoms with Crippen LogP contribution < -0.4 is 4.74 Å². The molecule has 100 valence electrons. The summed E-state index contributed by atoms with van der Waals surface area (Å²) in [7, 11) is 0. The first-order chi connectivity index (χ1) is 8.28. The van der Waals surface area contributed by atoms with Crippen molar-refractivity contribution in [2.45, 2.75) is 18.7 Å². The number of ether oxygens (including phenoxy) is 1. The van der Waals surface area contributed by atoms with Crippen LogP contribution in [0.3, 0.4) is 0 Å². The van der Waals surface area contributed by atoms with Crippen LogP contribution in [0.25, 0.3) is 0 Å². The number of pyridine rings is 1. The molecule has 0 fully saturated rings. The summed E-state index contributed by atoms with van der Waals surface area (Å²) >= 11 is 5.34. The molecular formula is C9H5ClF5NO2. The highest BCUT2D eigenvalue weighted by atomic mass is 35.5. The van der Waals surface area contributed by atoms with Gasteiger partial charge in [-0.2, -0.15) is 0 Å². The molecule has 0 aromatic carbocycles. The van der Waals surface area contributed by atoms with E-state index in [1.165, 1.54) is 0 Å². The monoisotopic (exact) mass is 289 g/mol. The highest BCUT2D eigenvalue weighted by Crippen LogP contribution is 2.30. The van der Waals surface area contributed by atoms with E-state index in [2.05, 4.69) is 9.72 Å². The molecule has 1 heterocycles. The Morgan fingerprint density at radius 2 is 2.06 bits per heavy atom. The van der Waals surface area contributed by atoms with Crippen molar-refractivity contribution in [1.29, 1.82) is 0 Å². The van der Waals surface area contributed by atoms with Crippen LogP contribution in [-0.2, 0) is 5.88 Å². The molecule has 1 aromatic heterocycles. The quantitative estimate of drug-likeness (QED) is 0.484. The minimum atomic E-state index is -5.12. The third kappa shape index (κ3) is 3.52. The maximum atomic E-state index is 12.4. The summed E-state index contributed by atoms with van der Waals surface area (Å²) < 4.78 is 64.4. The molecule has 0 radical (unpaired) electrons. The Morgan fingerprint density at radius 1 is 1.44 bits per heavy atom. The van der Waals surface area contributed by atoms with Gasteiger partial charge in [-0.1, -0.05) is 0 Å². The maximum Gasteiger partial charge on any atom is 0.574 e. The molecule has 0 unspecified atom stereocenters. The fourth-order valence-corrected chi connectivity index (χ4v) is 1.40. The van der Waals surface area contributed by atoms with E-state index >= 15 is 0 Å². The Kier molecular flexibility index (Phi) is 4.44. The number of aromatic nitrogens is 1. The number of hydrogen-bond acceptors (Lipinski definition) is 3. The zero-order valence-corrected chi connectivity index (χ0v) is 9.23. The van der Waals surface area contributed by atoms with Gasteiger partial charge in [0.2, 0.25) is 5.88 Å². The fraction of sp³-hybridized carbons (Fsp3) is 0.333. The smallest absolute Gasteiger partial charge is 0.387 e. The zero-order chi connectivity index (χ0) is 13.9. The van der Waals surface area contributed by atoms with E-state index in [4.69, 9.17) is 11.6 Å². The fourth-order valence-electron chi connectivity index (χ4n) is 1.13. The van der Waals surface area contributed by atoms with Gasteiger partial charge >= 0.3 is 6.36 Å². The second-order valence-corrected chi connectivity index (χ2v) is 3.29. The predicted octanol–water partition coefficient (Wildman–Crippen LogP) is 3.47. The van der Waals surface area contributed by atoms with Gasteiger partial charge in [0.25, 0.3) is 6.43 Å². The van der Waals surface area contributed by atoms with Crippen LogP contribution in [0.2, 0.25) is 0 Å². The van der Waals surface area contributed by atoms with Gasteiger partial charge in [0.1, 0.15) is 5.69 Å². The largest absolute Gasteiger partial charge is 0.574 e. The summed E-state index contributed by atoms with van der Waals surface area (Å²) in [5.74, 6) is -1.67. The van der Waals surface area contributed by atoms with Crippen molar-refractivity contribution in [3.8, 4) is 5.88 Å². The average molecular weight is 290 g/mol. The summed E-state index contributed by atoms with van der Waals surface area (Å²) in [6.07, 6.45) is -8.15. The SMILES string of the molecule is O=Cc1cc(C(F)F)nc(OC(F)(F)F)c1CCl. The van der Waals surface area contributed by atoms with Crippen LogP contribution in [0.15, 0.2) is 6.07 Å². The number of carbonyl (C=O) groups is 1. The summed E-state index contributed by atoms with van der Waals surface area (Å²) in [5, 5.41) is 0. The third-order valence-corrected chi connectivity index (χ3v) is 2.10. The molecule has 18 heavy (non-hydrogen) atoms. The van der Waals surface area contributed by atoms with Crippen LogP contribution in [0.1, 0.15) is 28.0 Å². The van der Waals surface area contributed by atoms with Crippen molar-refractivity contribution in [3.63, 3.8) is 0 Å². The number of nitrogens with zero attached hydrogens (tertiary/aromatic N) is 1. The van der Waals surface area contributed by atoms with Gasteiger partial charge in [0.15, 0.2) is 6.29 Å². The Morgan fingerprint density at radius 3 is 2.44 bits per heavy atom. The summed E-state index contributed by atoms with van der Waals surface area (Å²) in [6, 6.07) is 0.665. The summed E-state index contributed by atoms with van der Waals surface area (Å²) in [6.45, 7) is 0. The molecular weight excluding hydrogens is 285 g/mol. The molecule has 0 aliphatic heterocycles. The molecule has 1 rings (SSSR count). The van der Waals surface area contributed by atoms with Crippen LogP contribution in [-0.4, -0.2) is 17.6 Å². The van der Waals surface area contributed by atoms with Crippen molar-refractivity contribution >= 4 is 17.9 Å². The molecule has 0 atom stereocenters. The molecule has 3 nitrogen and oxygen atoms in total. The van der Waals surface area contributed by atoms with Crippen LogP contribution >= 0.6 is 11.6 Å². The number of hydrogen-bond donors (Lipinski definition) is 0. The molecule has 0 spiro atoms. The average Bonchev–Trinajstić information content (AvgIpc) is 2.25. The number of alkyl halides is 6. The van der Waals surface area contributed by atoms with E-state index in [9.17, 15) is 26.7 Å². The van der Waals surface area contributed by atoms with E-state index in [0.29, 0.717) is 6.07 Å².